The lowest BCUT2D eigenvalue weighted by Gasteiger charge is -2.24. The first-order chi connectivity index (χ1) is 9.99. The van der Waals surface area contributed by atoms with Gasteiger partial charge in [-0.1, -0.05) is 52.0 Å². The highest BCUT2D eigenvalue weighted by Crippen LogP contribution is 2.38. The van der Waals surface area contributed by atoms with Crippen LogP contribution in [0.15, 0.2) is 24.3 Å². The molecule has 2 unspecified atom stereocenters. The van der Waals surface area contributed by atoms with E-state index in [0.29, 0.717) is 17.9 Å². The van der Waals surface area contributed by atoms with E-state index in [0.717, 1.165) is 12.8 Å². The van der Waals surface area contributed by atoms with Crippen LogP contribution in [0.2, 0.25) is 0 Å². The zero-order valence-electron chi connectivity index (χ0n) is 13.5. The second-order valence-corrected chi connectivity index (χ2v) is 7.09. The number of nitrogens with one attached hydrogen (secondary N) is 1. The molecule has 21 heavy (non-hydrogen) atoms. The first-order valence-corrected chi connectivity index (χ1v) is 8.17. The summed E-state index contributed by atoms with van der Waals surface area (Å²) in [5, 5.41) is 3.55. The van der Waals surface area contributed by atoms with Gasteiger partial charge in [0.2, 0.25) is 5.91 Å². The van der Waals surface area contributed by atoms with Crippen molar-refractivity contribution in [1.82, 2.24) is 10.2 Å². The molecule has 0 spiro atoms. The van der Waals surface area contributed by atoms with E-state index in [1.54, 1.807) is 0 Å². The Balaban J connectivity index is 1.87. The van der Waals surface area contributed by atoms with Crippen LogP contribution in [-0.4, -0.2) is 22.9 Å². The molecule has 3 heteroatoms. The molecule has 2 aliphatic rings. The van der Waals surface area contributed by atoms with Crippen LogP contribution >= 0.6 is 0 Å². The maximum atomic E-state index is 12.7. The SMILES string of the molecule is CC(C)c1ccc(C2NC(C(C)C)C(=O)N2C2CC2)cc1. The van der Waals surface area contributed by atoms with E-state index in [2.05, 4.69) is 62.2 Å². The van der Waals surface area contributed by atoms with Crippen molar-refractivity contribution >= 4 is 5.91 Å². The van der Waals surface area contributed by atoms with E-state index >= 15 is 0 Å². The number of amides is 1. The highest BCUT2D eigenvalue weighted by molar-refractivity contribution is 5.85. The molecule has 1 aliphatic carbocycles. The van der Waals surface area contributed by atoms with Crippen LogP contribution in [0.1, 0.15) is 63.7 Å². The van der Waals surface area contributed by atoms with Crippen molar-refractivity contribution in [3.63, 3.8) is 0 Å². The van der Waals surface area contributed by atoms with Crippen LogP contribution in [-0.2, 0) is 4.79 Å². The Morgan fingerprint density at radius 1 is 1.10 bits per heavy atom. The molecule has 1 saturated carbocycles. The number of nitrogens with zero attached hydrogens (tertiary/aromatic N) is 1. The van der Waals surface area contributed by atoms with E-state index in [-0.39, 0.29) is 18.1 Å². The fourth-order valence-corrected chi connectivity index (χ4v) is 3.15. The van der Waals surface area contributed by atoms with Gasteiger partial charge < -0.3 is 4.90 Å². The van der Waals surface area contributed by atoms with Gasteiger partial charge in [0.05, 0.1) is 6.04 Å². The second-order valence-electron chi connectivity index (χ2n) is 7.09. The Morgan fingerprint density at radius 2 is 1.71 bits per heavy atom. The summed E-state index contributed by atoms with van der Waals surface area (Å²) >= 11 is 0. The Kier molecular flexibility index (Phi) is 3.78. The average molecular weight is 286 g/mol. The van der Waals surface area contributed by atoms with Gasteiger partial charge in [-0.25, -0.2) is 0 Å². The van der Waals surface area contributed by atoms with Gasteiger partial charge in [0.15, 0.2) is 0 Å². The zero-order valence-corrected chi connectivity index (χ0v) is 13.5. The number of rotatable bonds is 4. The maximum Gasteiger partial charge on any atom is 0.241 e. The summed E-state index contributed by atoms with van der Waals surface area (Å²) < 4.78 is 0. The van der Waals surface area contributed by atoms with Crippen LogP contribution in [0.25, 0.3) is 0 Å². The van der Waals surface area contributed by atoms with Crippen molar-refractivity contribution in [3.05, 3.63) is 35.4 Å². The third-order valence-corrected chi connectivity index (χ3v) is 4.66. The Hall–Kier alpha value is -1.35. The molecule has 1 amide bonds. The smallest absolute Gasteiger partial charge is 0.241 e. The van der Waals surface area contributed by atoms with Crippen molar-refractivity contribution in [3.8, 4) is 0 Å². The monoisotopic (exact) mass is 286 g/mol. The number of benzene rings is 1. The molecule has 1 N–H and O–H groups in total. The lowest BCUT2D eigenvalue weighted by atomic mass is 10.0. The van der Waals surface area contributed by atoms with E-state index in [1.165, 1.54) is 11.1 Å². The number of hydrogen-bond acceptors (Lipinski definition) is 2. The highest BCUT2D eigenvalue weighted by Gasteiger charge is 2.47. The van der Waals surface area contributed by atoms with Gasteiger partial charge in [0.1, 0.15) is 6.17 Å². The fraction of sp³-hybridized carbons (Fsp3) is 0.611. The van der Waals surface area contributed by atoms with E-state index in [1.807, 2.05) is 0 Å². The summed E-state index contributed by atoms with van der Waals surface area (Å²) in [6.45, 7) is 8.64. The van der Waals surface area contributed by atoms with Crippen molar-refractivity contribution in [2.75, 3.05) is 0 Å². The number of carbonyl (C=O) groups excluding carboxylic acids is 1. The summed E-state index contributed by atoms with van der Waals surface area (Å²) in [6.07, 6.45) is 2.36. The van der Waals surface area contributed by atoms with Crippen LogP contribution in [0, 0.1) is 5.92 Å². The molecule has 2 fully saturated rings. The van der Waals surface area contributed by atoms with Crippen LogP contribution in [0.3, 0.4) is 0 Å². The molecule has 2 atom stereocenters. The predicted molar refractivity (Wildman–Crippen MR) is 84.9 cm³/mol. The van der Waals surface area contributed by atoms with Crippen molar-refractivity contribution in [1.29, 1.82) is 0 Å². The standard InChI is InChI=1S/C18H26N2O/c1-11(2)13-5-7-14(8-6-13)17-19-16(12(3)4)18(21)20(17)15-9-10-15/h5-8,11-12,15-17,19H,9-10H2,1-4H3. The summed E-state index contributed by atoms with van der Waals surface area (Å²) in [5.74, 6) is 1.16. The minimum atomic E-state index is -0.0413. The molecular weight excluding hydrogens is 260 g/mol. The molecule has 0 bridgehead atoms. The normalized spacial score (nSPS) is 26.2. The van der Waals surface area contributed by atoms with E-state index < -0.39 is 0 Å². The first-order valence-electron chi connectivity index (χ1n) is 8.17. The van der Waals surface area contributed by atoms with Gasteiger partial charge >= 0.3 is 0 Å². The van der Waals surface area contributed by atoms with Gasteiger partial charge in [0, 0.05) is 6.04 Å². The molecule has 1 saturated heterocycles. The predicted octanol–water partition coefficient (Wildman–Crippen LogP) is 3.43. The first kappa shape index (κ1) is 14.6. The van der Waals surface area contributed by atoms with Crippen molar-refractivity contribution in [2.24, 2.45) is 5.92 Å². The quantitative estimate of drug-likeness (QED) is 0.919. The summed E-state index contributed by atoms with van der Waals surface area (Å²) in [6, 6.07) is 9.15. The van der Waals surface area contributed by atoms with Gasteiger partial charge in [-0.2, -0.15) is 0 Å². The fourth-order valence-electron chi connectivity index (χ4n) is 3.15. The van der Waals surface area contributed by atoms with Crippen molar-refractivity contribution in [2.45, 2.75) is 64.7 Å². The van der Waals surface area contributed by atoms with E-state index in [4.69, 9.17) is 0 Å². The molecule has 1 aliphatic heterocycles. The highest BCUT2D eigenvalue weighted by atomic mass is 16.2. The zero-order chi connectivity index (χ0) is 15.1. The van der Waals surface area contributed by atoms with Gasteiger partial charge in [-0.05, 0) is 35.8 Å². The molecule has 1 aromatic rings. The minimum absolute atomic E-state index is 0.0413. The largest absolute Gasteiger partial charge is 0.319 e. The molecule has 114 valence electrons. The lowest BCUT2D eigenvalue weighted by Crippen LogP contribution is -2.35. The van der Waals surface area contributed by atoms with Gasteiger partial charge in [-0.3, -0.25) is 10.1 Å². The van der Waals surface area contributed by atoms with Crippen molar-refractivity contribution < 1.29 is 4.79 Å². The minimum Gasteiger partial charge on any atom is -0.319 e. The topological polar surface area (TPSA) is 32.3 Å². The molecule has 1 aromatic carbocycles. The Bertz CT molecular complexity index is 517. The second kappa shape index (κ2) is 5.45. The van der Waals surface area contributed by atoms with Gasteiger partial charge in [-0.15, -0.1) is 0 Å². The third kappa shape index (κ3) is 2.71. The average Bonchev–Trinajstić information content (AvgIpc) is 3.22. The maximum absolute atomic E-state index is 12.7. The summed E-state index contributed by atoms with van der Waals surface area (Å²) in [4.78, 5) is 14.7. The van der Waals surface area contributed by atoms with E-state index in [9.17, 15) is 4.79 Å². The number of hydrogen-bond donors (Lipinski definition) is 1. The van der Waals surface area contributed by atoms with Crippen LogP contribution < -0.4 is 5.32 Å². The van der Waals surface area contributed by atoms with Gasteiger partial charge in [0.25, 0.3) is 0 Å². The Morgan fingerprint density at radius 3 is 2.19 bits per heavy atom. The molecule has 3 rings (SSSR count). The molecule has 1 heterocycles. The summed E-state index contributed by atoms with van der Waals surface area (Å²) in [5.41, 5.74) is 2.56. The molecular formula is C18H26N2O. The molecule has 0 radical (unpaired) electrons. The number of carbonyl (C=O) groups is 1. The van der Waals surface area contributed by atoms with Crippen LogP contribution in [0.5, 0.6) is 0 Å². The molecule has 0 aromatic heterocycles. The Labute approximate surface area is 127 Å². The molecule has 3 nitrogen and oxygen atoms in total. The summed E-state index contributed by atoms with van der Waals surface area (Å²) in [7, 11) is 0. The van der Waals surface area contributed by atoms with Crippen LogP contribution in [0.4, 0.5) is 0 Å². The third-order valence-electron chi connectivity index (χ3n) is 4.66. The lowest BCUT2D eigenvalue weighted by molar-refractivity contribution is -0.131.